The molecule has 0 heterocycles. The molecule has 0 spiro atoms. The Bertz CT molecular complexity index is 651. The molecule has 0 unspecified atom stereocenters. The van der Waals surface area contributed by atoms with Crippen LogP contribution in [0.3, 0.4) is 0 Å². The van der Waals surface area contributed by atoms with Crippen molar-refractivity contribution in [1.29, 1.82) is 0 Å². The van der Waals surface area contributed by atoms with Crippen LogP contribution in [-0.4, -0.2) is 31.2 Å². The van der Waals surface area contributed by atoms with Crippen molar-refractivity contribution in [3.05, 3.63) is 24.3 Å². The Morgan fingerprint density at radius 3 is 2.25 bits per heavy atom. The van der Waals surface area contributed by atoms with Crippen LogP contribution in [0.15, 0.2) is 34.3 Å². The Hall–Kier alpha value is -2.62. The number of aliphatic carboxylic acids is 1. The van der Waals surface area contributed by atoms with E-state index in [2.05, 4.69) is 10.4 Å². The molecule has 5 N–H and O–H groups in total. The number of hydrogen-bond acceptors (Lipinski definition) is 5. The lowest BCUT2D eigenvalue weighted by Crippen LogP contribution is -2.22. The quantitative estimate of drug-likeness (QED) is 0.442. The van der Waals surface area contributed by atoms with Crippen molar-refractivity contribution < 1.29 is 23.1 Å². The van der Waals surface area contributed by atoms with Gasteiger partial charge in [-0.1, -0.05) is 0 Å². The number of hydrogen-bond donors (Lipinski definition) is 4. The lowest BCUT2D eigenvalue weighted by molar-refractivity contribution is -0.129. The van der Waals surface area contributed by atoms with Gasteiger partial charge in [0.05, 0.1) is 4.90 Å². The second kappa shape index (κ2) is 6.02. The summed E-state index contributed by atoms with van der Waals surface area (Å²) in [6.45, 7) is 1.14. The number of nitrogens with one attached hydrogen (secondary N) is 2. The topological polar surface area (TPSA) is 151 Å². The average molecular weight is 300 g/mol. The van der Waals surface area contributed by atoms with Crippen LogP contribution < -0.4 is 15.9 Å². The zero-order valence-electron chi connectivity index (χ0n) is 10.3. The maximum atomic E-state index is 11.8. The standard InChI is InChI=1S/C10H12N4O5S/c1-6(9(15)16)13-14-20(18,19)8-4-2-7(3-5-8)12-10(11)17/h2-5,14H,1H3,(H,15,16)(H3,11,12,17)/b13-6+. The summed E-state index contributed by atoms with van der Waals surface area (Å²) < 4.78 is 23.5. The number of carbonyl (C=O) groups is 2. The van der Waals surface area contributed by atoms with Crippen LogP contribution in [0.5, 0.6) is 0 Å². The van der Waals surface area contributed by atoms with Gasteiger partial charge in [-0.25, -0.2) is 9.59 Å². The number of anilines is 1. The van der Waals surface area contributed by atoms with E-state index in [9.17, 15) is 18.0 Å². The minimum absolute atomic E-state index is 0.144. The van der Waals surface area contributed by atoms with Crippen LogP contribution in [0.2, 0.25) is 0 Å². The van der Waals surface area contributed by atoms with E-state index < -0.39 is 27.7 Å². The lowest BCUT2D eigenvalue weighted by atomic mass is 10.3. The molecule has 0 radical (unpaired) electrons. The van der Waals surface area contributed by atoms with E-state index in [1.807, 2.05) is 0 Å². The monoisotopic (exact) mass is 300 g/mol. The van der Waals surface area contributed by atoms with Crippen molar-refractivity contribution in [2.24, 2.45) is 10.8 Å². The molecule has 0 aliphatic rings. The van der Waals surface area contributed by atoms with Crippen molar-refractivity contribution in [3.8, 4) is 0 Å². The molecule has 20 heavy (non-hydrogen) atoms. The predicted molar refractivity (Wildman–Crippen MR) is 70.7 cm³/mol. The molecule has 0 aliphatic heterocycles. The second-order valence-corrected chi connectivity index (χ2v) is 5.27. The number of rotatable bonds is 5. The van der Waals surface area contributed by atoms with Crippen LogP contribution in [0.25, 0.3) is 0 Å². The average Bonchev–Trinajstić information content (AvgIpc) is 2.35. The summed E-state index contributed by atoms with van der Waals surface area (Å²) in [6, 6.07) is 4.29. The minimum Gasteiger partial charge on any atom is -0.477 e. The first-order valence-corrected chi connectivity index (χ1v) is 6.66. The number of urea groups is 1. The zero-order chi connectivity index (χ0) is 15.3. The Morgan fingerprint density at radius 1 is 1.25 bits per heavy atom. The predicted octanol–water partition coefficient (Wildman–Crippen LogP) is -0.0840. The highest BCUT2D eigenvalue weighted by Crippen LogP contribution is 2.13. The third-order valence-electron chi connectivity index (χ3n) is 2.08. The molecular formula is C10H12N4O5S. The maximum absolute atomic E-state index is 11.8. The molecule has 2 amide bonds. The lowest BCUT2D eigenvalue weighted by Gasteiger charge is -2.05. The molecule has 0 aliphatic carbocycles. The van der Waals surface area contributed by atoms with Gasteiger partial charge in [-0.2, -0.15) is 18.4 Å². The summed E-state index contributed by atoms with van der Waals surface area (Å²) in [5.41, 5.74) is 4.82. The fourth-order valence-electron chi connectivity index (χ4n) is 1.09. The molecule has 0 saturated carbocycles. The van der Waals surface area contributed by atoms with Crippen LogP contribution in [0.1, 0.15) is 6.92 Å². The first-order chi connectivity index (χ1) is 9.22. The van der Waals surface area contributed by atoms with Gasteiger partial charge in [0.25, 0.3) is 10.0 Å². The summed E-state index contributed by atoms with van der Waals surface area (Å²) >= 11 is 0. The van der Waals surface area contributed by atoms with E-state index in [1.54, 1.807) is 4.83 Å². The highest BCUT2D eigenvalue weighted by atomic mass is 32.2. The summed E-state index contributed by atoms with van der Waals surface area (Å²) in [4.78, 5) is 22.7. The molecular weight excluding hydrogens is 288 g/mol. The molecule has 0 saturated heterocycles. The van der Waals surface area contributed by atoms with Crippen LogP contribution >= 0.6 is 0 Å². The van der Waals surface area contributed by atoms with E-state index in [-0.39, 0.29) is 4.90 Å². The Labute approximate surface area is 114 Å². The van der Waals surface area contributed by atoms with Crippen molar-refractivity contribution in [2.75, 3.05) is 5.32 Å². The number of nitrogens with two attached hydrogens (primary N) is 1. The van der Waals surface area contributed by atoms with Gasteiger partial charge < -0.3 is 16.2 Å². The van der Waals surface area contributed by atoms with E-state index in [1.165, 1.54) is 24.3 Å². The smallest absolute Gasteiger partial charge is 0.351 e. The van der Waals surface area contributed by atoms with Crippen molar-refractivity contribution in [1.82, 2.24) is 4.83 Å². The van der Waals surface area contributed by atoms with Crippen molar-refractivity contribution >= 4 is 33.4 Å². The third kappa shape index (κ3) is 4.24. The van der Waals surface area contributed by atoms with Gasteiger partial charge in [-0.05, 0) is 31.2 Å². The summed E-state index contributed by atoms with van der Waals surface area (Å²) in [5, 5.41) is 14.1. The molecule has 1 rings (SSSR count). The van der Waals surface area contributed by atoms with Gasteiger partial charge in [-0.3, -0.25) is 0 Å². The number of amides is 2. The summed E-state index contributed by atoms with van der Waals surface area (Å²) in [7, 11) is -3.98. The number of benzene rings is 1. The van der Waals surface area contributed by atoms with Gasteiger partial charge in [0.1, 0.15) is 5.71 Å². The second-order valence-electron chi connectivity index (χ2n) is 3.61. The SMILES string of the molecule is C/C(=N\NS(=O)(=O)c1ccc(NC(N)=O)cc1)C(=O)O. The molecule has 1 aromatic carbocycles. The fraction of sp³-hybridized carbons (Fsp3) is 0.100. The van der Waals surface area contributed by atoms with E-state index in [4.69, 9.17) is 10.8 Å². The number of carbonyl (C=O) groups excluding carboxylic acids is 1. The number of carboxylic acids is 1. The van der Waals surface area contributed by atoms with Crippen LogP contribution in [0.4, 0.5) is 10.5 Å². The van der Waals surface area contributed by atoms with Gasteiger partial charge in [0, 0.05) is 5.69 Å². The largest absolute Gasteiger partial charge is 0.477 e. The molecule has 0 fully saturated rings. The molecule has 0 bridgehead atoms. The maximum Gasteiger partial charge on any atom is 0.351 e. The Kier molecular flexibility index (Phi) is 4.64. The van der Waals surface area contributed by atoms with Gasteiger partial charge >= 0.3 is 12.0 Å². The highest BCUT2D eigenvalue weighted by molar-refractivity contribution is 7.89. The molecule has 108 valence electrons. The van der Waals surface area contributed by atoms with Crippen molar-refractivity contribution in [3.63, 3.8) is 0 Å². The zero-order valence-corrected chi connectivity index (χ0v) is 11.1. The molecule has 9 nitrogen and oxygen atoms in total. The normalized spacial score (nSPS) is 11.8. The highest BCUT2D eigenvalue weighted by Gasteiger charge is 2.14. The number of hydrazone groups is 1. The Morgan fingerprint density at radius 2 is 1.80 bits per heavy atom. The molecule has 0 atom stereocenters. The van der Waals surface area contributed by atoms with Gasteiger partial charge in [-0.15, -0.1) is 0 Å². The number of carboxylic acid groups (broad SMARTS) is 1. The molecule has 0 aromatic heterocycles. The Balaban J connectivity index is 2.91. The van der Waals surface area contributed by atoms with Crippen LogP contribution in [0, 0.1) is 0 Å². The number of nitrogens with zero attached hydrogens (tertiary/aromatic N) is 1. The molecule has 1 aromatic rings. The van der Waals surface area contributed by atoms with E-state index in [0.29, 0.717) is 5.69 Å². The first kappa shape index (κ1) is 15.4. The van der Waals surface area contributed by atoms with Gasteiger partial charge in [0.2, 0.25) is 0 Å². The van der Waals surface area contributed by atoms with E-state index in [0.717, 1.165) is 6.92 Å². The van der Waals surface area contributed by atoms with Crippen LogP contribution in [-0.2, 0) is 14.8 Å². The van der Waals surface area contributed by atoms with Gasteiger partial charge in [0.15, 0.2) is 0 Å². The first-order valence-electron chi connectivity index (χ1n) is 5.18. The minimum atomic E-state index is -3.98. The fourth-order valence-corrected chi connectivity index (χ4v) is 1.95. The van der Waals surface area contributed by atoms with Crippen molar-refractivity contribution in [2.45, 2.75) is 11.8 Å². The molecule has 10 heteroatoms. The van der Waals surface area contributed by atoms with E-state index >= 15 is 0 Å². The number of sulfonamides is 1. The number of primary amides is 1. The summed E-state index contributed by atoms with van der Waals surface area (Å²) in [5.74, 6) is -1.34. The third-order valence-corrected chi connectivity index (χ3v) is 3.30. The summed E-state index contributed by atoms with van der Waals surface area (Å²) in [6.07, 6.45) is 0.